The van der Waals surface area contributed by atoms with Crippen molar-refractivity contribution in [1.29, 1.82) is 0 Å². The standard InChI is InChI=1S/C22H19ClN4O4S2/c1-31-16-4-2-13-3-5-17(9-14(13)8-16)33(29,30)27-22(6-7-24-21(22)28)10-15-11-32-19-18(15)25-12-26-20(19)23/h2-5,8-9,11-12,27H,6-7,10H2,1H3,(H,24,28)/t22-/m1/s1. The number of nitrogens with zero attached hydrogens (tertiary/aromatic N) is 2. The van der Waals surface area contributed by atoms with E-state index in [9.17, 15) is 13.2 Å². The molecule has 0 unspecified atom stereocenters. The molecule has 5 rings (SSSR count). The van der Waals surface area contributed by atoms with E-state index in [0.29, 0.717) is 34.1 Å². The highest BCUT2D eigenvalue weighted by atomic mass is 35.5. The predicted octanol–water partition coefficient (Wildman–Crippen LogP) is 3.29. The number of amides is 1. The lowest BCUT2D eigenvalue weighted by Gasteiger charge is -2.27. The van der Waals surface area contributed by atoms with Crippen molar-refractivity contribution < 1.29 is 17.9 Å². The number of carbonyl (C=O) groups is 1. The van der Waals surface area contributed by atoms with Crippen LogP contribution in [0, 0.1) is 0 Å². The Kier molecular flexibility index (Phi) is 5.48. The number of ether oxygens (including phenoxy) is 1. The molecule has 2 N–H and O–H groups in total. The minimum atomic E-state index is -4.02. The average molecular weight is 503 g/mol. The summed E-state index contributed by atoms with van der Waals surface area (Å²) in [6, 6.07) is 10.3. The summed E-state index contributed by atoms with van der Waals surface area (Å²) in [6.45, 7) is 0.369. The number of benzene rings is 2. The molecule has 0 aliphatic carbocycles. The van der Waals surface area contributed by atoms with Crippen molar-refractivity contribution in [1.82, 2.24) is 20.0 Å². The maximum atomic E-state index is 13.4. The highest BCUT2D eigenvalue weighted by Gasteiger charge is 2.46. The summed E-state index contributed by atoms with van der Waals surface area (Å²) in [4.78, 5) is 21.3. The number of hydrogen-bond acceptors (Lipinski definition) is 7. The average Bonchev–Trinajstić information content (AvgIpc) is 3.37. The molecule has 170 valence electrons. The number of halogens is 1. The molecule has 8 nitrogen and oxygen atoms in total. The molecule has 3 heterocycles. The van der Waals surface area contributed by atoms with Crippen LogP contribution in [-0.4, -0.2) is 43.5 Å². The number of aromatic nitrogens is 2. The molecular weight excluding hydrogens is 484 g/mol. The van der Waals surface area contributed by atoms with Gasteiger partial charge in [-0.2, -0.15) is 4.72 Å². The highest BCUT2D eigenvalue weighted by molar-refractivity contribution is 7.89. The fraction of sp³-hybridized carbons (Fsp3) is 0.227. The molecule has 0 saturated carbocycles. The molecule has 0 radical (unpaired) electrons. The van der Waals surface area contributed by atoms with E-state index in [4.69, 9.17) is 16.3 Å². The largest absolute Gasteiger partial charge is 0.497 e. The second kappa shape index (κ2) is 8.21. The van der Waals surface area contributed by atoms with Crippen molar-refractivity contribution in [2.24, 2.45) is 0 Å². The molecule has 4 aromatic rings. The summed E-state index contributed by atoms with van der Waals surface area (Å²) < 4.78 is 35.5. The summed E-state index contributed by atoms with van der Waals surface area (Å²) in [7, 11) is -2.46. The van der Waals surface area contributed by atoms with E-state index in [1.807, 2.05) is 17.5 Å². The number of hydrogen-bond donors (Lipinski definition) is 2. The lowest BCUT2D eigenvalue weighted by molar-refractivity contribution is -0.124. The van der Waals surface area contributed by atoms with Crippen LogP contribution in [-0.2, 0) is 21.2 Å². The normalized spacial score (nSPS) is 18.7. The topological polar surface area (TPSA) is 110 Å². The van der Waals surface area contributed by atoms with Crippen molar-refractivity contribution in [3.63, 3.8) is 0 Å². The smallest absolute Gasteiger partial charge is 0.241 e. The summed E-state index contributed by atoms with van der Waals surface area (Å²) in [5.41, 5.74) is 0.0199. The fourth-order valence-corrected chi connectivity index (χ4v) is 6.70. The second-order valence-corrected chi connectivity index (χ2v) is 10.8. The van der Waals surface area contributed by atoms with Gasteiger partial charge in [-0.3, -0.25) is 4.79 Å². The molecule has 0 bridgehead atoms. The first kappa shape index (κ1) is 22.0. The van der Waals surface area contributed by atoms with Gasteiger partial charge in [-0.1, -0.05) is 23.7 Å². The quantitative estimate of drug-likeness (QED) is 0.391. The van der Waals surface area contributed by atoms with Gasteiger partial charge in [-0.05, 0) is 52.4 Å². The minimum absolute atomic E-state index is 0.0721. The van der Waals surface area contributed by atoms with Crippen LogP contribution in [0.1, 0.15) is 12.0 Å². The zero-order valence-electron chi connectivity index (χ0n) is 17.5. The molecule has 1 atom stereocenters. The molecule has 0 spiro atoms. The number of nitrogens with one attached hydrogen (secondary N) is 2. The van der Waals surface area contributed by atoms with Crippen molar-refractivity contribution in [3.05, 3.63) is 58.8 Å². The van der Waals surface area contributed by atoms with Crippen LogP contribution < -0.4 is 14.8 Å². The zero-order valence-corrected chi connectivity index (χ0v) is 19.9. The summed E-state index contributed by atoms with van der Waals surface area (Å²) in [6.07, 6.45) is 1.81. The number of methoxy groups -OCH3 is 1. The van der Waals surface area contributed by atoms with E-state index < -0.39 is 15.6 Å². The van der Waals surface area contributed by atoms with E-state index in [1.165, 1.54) is 23.7 Å². The third-order valence-electron chi connectivity index (χ3n) is 5.81. The lowest BCUT2D eigenvalue weighted by atomic mass is 9.91. The third-order valence-corrected chi connectivity index (χ3v) is 8.76. The Morgan fingerprint density at radius 1 is 1.21 bits per heavy atom. The van der Waals surface area contributed by atoms with E-state index in [1.54, 1.807) is 25.3 Å². The number of fused-ring (bicyclic) bond motifs is 2. The van der Waals surface area contributed by atoms with Gasteiger partial charge in [0.05, 0.1) is 22.2 Å². The predicted molar refractivity (Wildman–Crippen MR) is 127 cm³/mol. The number of thiophene rings is 1. The van der Waals surface area contributed by atoms with Gasteiger partial charge in [-0.25, -0.2) is 18.4 Å². The molecule has 1 aliphatic heterocycles. The second-order valence-electron chi connectivity index (χ2n) is 7.85. The summed E-state index contributed by atoms with van der Waals surface area (Å²) in [5, 5.41) is 6.53. The van der Waals surface area contributed by atoms with Gasteiger partial charge < -0.3 is 10.1 Å². The van der Waals surface area contributed by atoms with E-state index >= 15 is 0 Å². The fourth-order valence-electron chi connectivity index (χ4n) is 4.11. The summed E-state index contributed by atoms with van der Waals surface area (Å²) in [5.74, 6) is 0.259. The molecular formula is C22H19ClN4O4S2. The molecule has 33 heavy (non-hydrogen) atoms. The Bertz CT molecular complexity index is 1510. The van der Waals surface area contributed by atoms with Gasteiger partial charge in [0.2, 0.25) is 15.9 Å². The van der Waals surface area contributed by atoms with Gasteiger partial charge in [0.1, 0.15) is 22.8 Å². The Hall–Kier alpha value is -2.79. The molecule has 11 heteroatoms. The van der Waals surface area contributed by atoms with E-state index in [0.717, 1.165) is 16.3 Å². The molecule has 1 saturated heterocycles. The Morgan fingerprint density at radius 3 is 2.79 bits per heavy atom. The van der Waals surface area contributed by atoms with Crippen LogP contribution in [0.15, 0.2) is 53.0 Å². The number of rotatable bonds is 6. The zero-order chi connectivity index (χ0) is 23.2. The Balaban J connectivity index is 1.53. The van der Waals surface area contributed by atoms with Gasteiger partial charge in [0.25, 0.3) is 0 Å². The van der Waals surface area contributed by atoms with Crippen LogP contribution in [0.5, 0.6) is 5.75 Å². The maximum Gasteiger partial charge on any atom is 0.241 e. The van der Waals surface area contributed by atoms with Crippen LogP contribution in [0.2, 0.25) is 5.15 Å². The molecule has 1 fully saturated rings. The van der Waals surface area contributed by atoms with Gasteiger partial charge in [0.15, 0.2) is 0 Å². The first-order chi connectivity index (χ1) is 15.8. The van der Waals surface area contributed by atoms with Crippen molar-refractivity contribution in [3.8, 4) is 5.75 Å². The maximum absolute atomic E-state index is 13.4. The lowest BCUT2D eigenvalue weighted by Crippen LogP contribution is -2.55. The van der Waals surface area contributed by atoms with Gasteiger partial charge in [0, 0.05) is 13.0 Å². The van der Waals surface area contributed by atoms with Crippen LogP contribution in [0.25, 0.3) is 21.0 Å². The SMILES string of the molecule is COc1ccc2ccc(S(=O)(=O)N[C@@]3(Cc4csc5c(Cl)ncnc45)CCNC3=O)cc2c1. The molecule has 2 aromatic carbocycles. The highest BCUT2D eigenvalue weighted by Crippen LogP contribution is 2.34. The van der Waals surface area contributed by atoms with E-state index in [2.05, 4.69) is 20.0 Å². The monoisotopic (exact) mass is 502 g/mol. The molecule has 2 aromatic heterocycles. The van der Waals surface area contributed by atoms with Crippen molar-refractivity contribution in [2.75, 3.05) is 13.7 Å². The van der Waals surface area contributed by atoms with Gasteiger partial charge >= 0.3 is 0 Å². The van der Waals surface area contributed by atoms with Crippen molar-refractivity contribution >= 4 is 59.9 Å². The van der Waals surface area contributed by atoms with Crippen LogP contribution >= 0.6 is 22.9 Å². The first-order valence-electron chi connectivity index (χ1n) is 10.1. The van der Waals surface area contributed by atoms with Crippen LogP contribution in [0.3, 0.4) is 0 Å². The Morgan fingerprint density at radius 2 is 2.03 bits per heavy atom. The van der Waals surface area contributed by atoms with Gasteiger partial charge in [-0.15, -0.1) is 11.3 Å². The number of carbonyl (C=O) groups excluding carboxylic acids is 1. The van der Waals surface area contributed by atoms with Crippen molar-refractivity contribution in [2.45, 2.75) is 23.3 Å². The third kappa shape index (κ3) is 3.93. The summed E-state index contributed by atoms with van der Waals surface area (Å²) >= 11 is 7.53. The Labute approximate surface area is 199 Å². The minimum Gasteiger partial charge on any atom is -0.497 e. The van der Waals surface area contributed by atoms with Crippen LogP contribution in [0.4, 0.5) is 0 Å². The first-order valence-corrected chi connectivity index (χ1v) is 12.8. The molecule has 1 aliphatic rings. The number of sulfonamides is 1. The van der Waals surface area contributed by atoms with E-state index in [-0.39, 0.29) is 17.2 Å². The molecule has 1 amide bonds.